The van der Waals surface area contributed by atoms with Crippen molar-refractivity contribution in [2.75, 3.05) is 6.61 Å². The molecule has 2 aliphatic heterocycles. The predicted octanol–water partition coefficient (Wildman–Crippen LogP) is 5.48. The Morgan fingerprint density at radius 3 is 2.76 bits per heavy atom. The molecule has 0 saturated heterocycles. The van der Waals surface area contributed by atoms with Gasteiger partial charge in [0, 0.05) is 22.7 Å². The summed E-state index contributed by atoms with van der Waals surface area (Å²) in [5, 5.41) is 15.4. The molecule has 0 aliphatic carbocycles. The Bertz CT molecular complexity index is 1350. The molecule has 0 spiro atoms. The fourth-order valence-corrected chi connectivity index (χ4v) is 4.67. The minimum atomic E-state index is -0.421. The quantitative estimate of drug-likeness (QED) is 0.462. The number of fused-ring (bicyclic) bond motifs is 2. The normalized spacial score (nSPS) is 17.4. The highest BCUT2D eigenvalue weighted by molar-refractivity contribution is 8.25. The van der Waals surface area contributed by atoms with Crippen LogP contribution < -0.4 is 4.74 Å². The van der Waals surface area contributed by atoms with E-state index in [0.717, 1.165) is 28.6 Å². The number of ether oxygens (including phenoxy) is 1. The van der Waals surface area contributed by atoms with Crippen LogP contribution in [0.25, 0.3) is 17.0 Å². The molecule has 0 fully saturated rings. The molecule has 0 saturated carbocycles. The zero-order valence-corrected chi connectivity index (χ0v) is 19.9. The van der Waals surface area contributed by atoms with Gasteiger partial charge in [0.15, 0.2) is 11.0 Å². The average Bonchev–Trinajstić information content (AvgIpc) is 3.47. The van der Waals surface area contributed by atoms with Crippen molar-refractivity contribution < 1.29 is 9.53 Å². The van der Waals surface area contributed by atoms with Crippen molar-refractivity contribution in [3.05, 3.63) is 71.4 Å². The van der Waals surface area contributed by atoms with Gasteiger partial charge in [0.05, 0.1) is 17.7 Å². The van der Waals surface area contributed by atoms with Crippen LogP contribution in [-0.2, 0) is 11.3 Å². The third kappa shape index (κ3) is 4.17. The van der Waals surface area contributed by atoms with Gasteiger partial charge in [-0.3, -0.25) is 10.2 Å². The number of nitrogens with one attached hydrogen (secondary N) is 1. The number of carbonyl (C=O) groups is 1. The largest absolute Gasteiger partial charge is 0.492 e. The summed E-state index contributed by atoms with van der Waals surface area (Å²) < 4.78 is 8.12. The van der Waals surface area contributed by atoms with E-state index in [1.807, 2.05) is 42.6 Å². The second-order valence-corrected chi connectivity index (χ2v) is 9.09. The van der Waals surface area contributed by atoms with Gasteiger partial charge in [0.25, 0.3) is 5.91 Å². The molecular formula is C26H25N5O2S. The van der Waals surface area contributed by atoms with Crippen LogP contribution in [0.3, 0.4) is 0 Å². The van der Waals surface area contributed by atoms with Gasteiger partial charge in [-0.25, -0.2) is 0 Å². The lowest BCUT2D eigenvalue weighted by Crippen LogP contribution is -2.35. The zero-order chi connectivity index (χ0) is 23.7. The summed E-state index contributed by atoms with van der Waals surface area (Å²) in [6.07, 6.45) is 4.84. The van der Waals surface area contributed by atoms with E-state index in [4.69, 9.17) is 10.1 Å². The highest BCUT2D eigenvalue weighted by atomic mass is 32.2. The molecule has 7 nitrogen and oxygen atoms in total. The van der Waals surface area contributed by atoms with Gasteiger partial charge in [-0.1, -0.05) is 44.2 Å². The van der Waals surface area contributed by atoms with Gasteiger partial charge in [0.2, 0.25) is 0 Å². The first-order valence-corrected chi connectivity index (χ1v) is 12.2. The fourth-order valence-electron chi connectivity index (χ4n) is 4.06. The van der Waals surface area contributed by atoms with Crippen LogP contribution >= 0.6 is 11.8 Å². The molecule has 1 amide bonds. The Hall–Kier alpha value is -3.65. The van der Waals surface area contributed by atoms with Crippen LogP contribution in [0.1, 0.15) is 37.3 Å². The summed E-state index contributed by atoms with van der Waals surface area (Å²) in [5.41, 5.74) is 5.02. The number of thioether (sulfide) groups is 1. The van der Waals surface area contributed by atoms with Crippen LogP contribution in [0.2, 0.25) is 0 Å². The molecule has 3 aromatic rings. The van der Waals surface area contributed by atoms with E-state index in [2.05, 4.69) is 40.6 Å². The third-order valence-corrected chi connectivity index (χ3v) is 6.85. The molecule has 2 aliphatic rings. The molecule has 1 aromatic heterocycles. The zero-order valence-electron chi connectivity index (χ0n) is 19.1. The van der Waals surface area contributed by atoms with E-state index >= 15 is 0 Å². The maximum atomic E-state index is 12.6. The fraction of sp³-hybridized carbons (Fsp3) is 0.231. The molecule has 5 rings (SSSR count). The minimum Gasteiger partial charge on any atom is -0.492 e. The van der Waals surface area contributed by atoms with E-state index in [0.29, 0.717) is 24.2 Å². The van der Waals surface area contributed by atoms with Crippen molar-refractivity contribution in [1.29, 1.82) is 5.41 Å². The maximum Gasteiger partial charge on any atom is 0.283 e. The number of aliphatic imine (C=N–C) groups is 1. The summed E-state index contributed by atoms with van der Waals surface area (Å²) >= 11 is 1.24. The smallest absolute Gasteiger partial charge is 0.283 e. The second-order valence-electron chi connectivity index (χ2n) is 8.28. The first-order valence-electron chi connectivity index (χ1n) is 11.3. The van der Waals surface area contributed by atoms with Gasteiger partial charge in [0.1, 0.15) is 12.4 Å². The molecule has 1 atom stereocenters. The molecule has 1 N–H and O–H groups in total. The van der Waals surface area contributed by atoms with Crippen LogP contribution in [-0.4, -0.2) is 38.6 Å². The van der Waals surface area contributed by atoms with E-state index in [1.54, 1.807) is 11.6 Å². The van der Waals surface area contributed by atoms with Crippen LogP contribution in [0.15, 0.2) is 70.4 Å². The summed E-state index contributed by atoms with van der Waals surface area (Å²) in [7, 11) is 0. The maximum absolute atomic E-state index is 12.6. The van der Waals surface area contributed by atoms with Gasteiger partial charge in [-0.2, -0.15) is 15.1 Å². The van der Waals surface area contributed by atoms with Gasteiger partial charge in [-0.15, -0.1) is 0 Å². The monoisotopic (exact) mass is 471 g/mol. The molecule has 8 heteroatoms. The van der Waals surface area contributed by atoms with Gasteiger partial charge < -0.3 is 9.30 Å². The molecule has 34 heavy (non-hydrogen) atoms. The molecule has 172 valence electrons. The van der Waals surface area contributed by atoms with E-state index < -0.39 is 5.91 Å². The number of benzene rings is 2. The first kappa shape index (κ1) is 22.2. The Labute approximate surface area is 202 Å². The van der Waals surface area contributed by atoms with E-state index in [1.165, 1.54) is 22.3 Å². The Morgan fingerprint density at radius 2 is 1.97 bits per heavy atom. The lowest BCUT2D eigenvalue weighted by Gasteiger charge is -2.20. The van der Waals surface area contributed by atoms with Crippen molar-refractivity contribution in [1.82, 2.24) is 9.58 Å². The lowest BCUT2D eigenvalue weighted by molar-refractivity contribution is -0.114. The molecular weight excluding hydrogens is 446 g/mol. The van der Waals surface area contributed by atoms with E-state index in [9.17, 15) is 4.79 Å². The summed E-state index contributed by atoms with van der Waals surface area (Å²) in [6, 6.07) is 16.3. The van der Waals surface area contributed by atoms with Crippen molar-refractivity contribution in [3.63, 3.8) is 0 Å². The molecule has 0 bridgehead atoms. The average molecular weight is 472 g/mol. The number of aromatic nitrogens is 1. The Morgan fingerprint density at radius 1 is 1.18 bits per heavy atom. The minimum absolute atomic E-state index is 0.0391. The highest BCUT2D eigenvalue weighted by Crippen LogP contribution is 2.28. The second kappa shape index (κ2) is 9.30. The Balaban J connectivity index is 1.36. The number of para-hydroxylation sites is 1. The van der Waals surface area contributed by atoms with Crippen LogP contribution in [0.4, 0.5) is 0 Å². The number of hydrogen-bond donors (Lipinski definition) is 1. The van der Waals surface area contributed by atoms with E-state index in [-0.39, 0.29) is 11.4 Å². The summed E-state index contributed by atoms with van der Waals surface area (Å²) in [6.45, 7) is 5.58. The number of amides is 1. The van der Waals surface area contributed by atoms with Crippen LogP contribution in [0, 0.1) is 5.41 Å². The number of nitrogens with zero attached hydrogens (tertiary/aromatic N) is 4. The Kier molecular flexibility index (Phi) is 6.06. The number of carbonyl (C=O) groups excluding carboxylic acids is 1. The first-order chi connectivity index (χ1) is 16.5. The number of hydrazone groups is 1. The third-order valence-electron chi connectivity index (χ3n) is 6.18. The predicted molar refractivity (Wildman–Crippen MR) is 139 cm³/mol. The number of hydrogen-bond acceptors (Lipinski definition) is 5. The molecule has 3 heterocycles. The van der Waals surface area contributed by atoms with Crippen molar-refractivity contribution in [2.24, 2.45) is 10.1 Å². The SMILES string of the molecule is CCC(C)c1ccc(OCCn2cc(/C=C3/C(=N)N4N=CSC4=NC3=O)c3ccccc32)cc1. The van der Waals surface area contributed by atoms with Gasteiger partial charge in [-0.05, 0) is 53.9 Å². The standard InChI is InChI=1S/C26H25N5O2S/c1-3-17(2)18-8-10-20(11-9-18)33-13-12-30-15-19(21-6-4-5-7-23(21)30)14-22-24(27)31-26(29-25(22)32)34-16-28-31/h4-11,14-17,27H,3,12-13H2,1-2H3/b22-14-,27-24?. The summed E-state index contributed by atoms with van der Waals surface area (Å²) in [4.78, 5) is 16.7. The van der Waals surface area contributed by atoms with Crippen molar-refractivity contribution in [3.8, 4) is 5.75 Å². The topological polar surface area (TPSA) is 83.0 Å². The van der Waals surface area contributed by atoms with Gasteiger partial charge >= 0.3 is 0 Å². The highest BCUT2D eigenvalue weighted by Gasteiger charge is 2.32. The summed E-state index contributed by atoms with van der Waals surface area (Å²) in [5.74, 6) is 1.01. The lowest BCUT2D eigenvalue weighted by atomic mass is 9.99. The van der Waals surface area contributed by atoms with Crippen LogP contribution in [0.5, 0.6) is 5.75 Å². The molecule has 2 aromatic carbocycles. The molecule has 0 radical (unpaired) electrons. The van der Waals surface area contributed by atoms with Crippen molar-refractivity contribution >= 4 is 51.2 Å². The van der Waals surface area contributed by atoms with Crippen molar-refractivity contribution in [2.45, 2.75) is 32.7 Å². The molecule has 1 unspecified atom stereocenters. The number of rotatable bonds is 7. The number of amidine groups is 2.